The van der Waals surface area contributed by atoms with Crippen molar-refractivity contribution in [3.05, 3.63) is 0 Å². The third-order valence-corrected chi connectivity index (χ3v) is 0. The summed E-state index contributed by atoms with van der Waals surface area (Å²) in [6.45, 7) is 0. The van der Waals surface area contributed by atoms with Gasteiger partial charge in [0.25, 0.3) is 0 Å². The standard InChI is InChI=1S/2CH3.2H2S.Sn/h2*1H3;2*1H2;. The molecule has 0 nitrogen and oxygen atoms in total. The van der Waals surface area contributed by atoms with Crippen molar-refractivity contribution in [1.82, 2.24) is 0 Å². The molecule has 0 fully saturated rings. The Morgan fingerprint density at radius 3 is 1.00 bits per heavy atom. The van der Waals surface area contributed by atoms with Crippen molar-refractivity contribution in [2.45, 2.75) is 9.88 Å². The summed E-state index contributed by atoms with van der Waals surface area (Å²) in [4.78, 5) is 4.59. The molecule has 0 aliphatic heterocycles. The molecule has 0 spiro atoms. The van der Waals surface area contributed by atoms with Gasteiger partial charge in [-0.1, -0.05) is 0 Å². The summed E-state index contributed by atoms with van der Waals surface area (Å²) in [5.41, 5.74) is 0. The zero-order valence-electron chi connectivity index (χ0n) is 3.50. The molecule has 0 saturated carbocycles. The van der Waals surface area contributed by atoms with E-state index in [0.29, 0.717) is 0 Å². The molecule has 3 heteroatoms. The predicted octanol–water partition coefficient (Wildman–Crippen LogP) is 1.01. The van der Waals surface area contributed by atoms with Gasteiger partial charge in [0, 0.05) is 0 Å². The molecule has 0 aromatic heterocycles. The van der Waals surface area contributed by atoms with E-state index in [1.165, 1.54) is 0 Å². The van der Waals surface area contributed by atoms with E-state index in [-0.39, 0.29) is 48.1 Å². The third kappa shape index (κ3) is 30.0. The van der Waals surface area contributed by atoms with Crippen molar-refractivity contribution in [3.8, 4) is 0 Å². The summed E-state index contributed by atoms with van der Waals surface area (Å²) >= 11 is 0.230. The van der Waals surface area contributed by atoms with E-state index < -0.39 is 0 Å². The molecule has 0 aromatic carbocycles. The van der Waals surface area contributed by atoms with Crippen LogP contribution in [0.5, 0.6) is 0 Å². The fourth-order valence-corrected chi connectivity index (χ4v) is 0. The van der Waals surface area contributed by atoms with Crippen molar-refractivity contribution >= 4 is 48.1 Å². The first-order chi connectivity index (χ1) is 1.41. The Morgan fingerprint density at radius 2 is 1.00 bits per heavy atom. The second kappa shape index (κ2) is 17.8. The topological polar surface area (TPSA) is 0 Å². The van der Waals surface area contributed by atoms with Gasteiger partial charge in [0.2, 0.25) is 0 Å². The molecule has 34 valence electrons. The molecule has 0 aliphatic carbocycles. The average molecular weight is 217 g/mol. The molecule has 0 amide bonds. The zero-order valence-corrected chi connectivity index (χ0v) is 8.35. The summed E-state index contributed by atoms with van der Waals surface area (Å²) in [7, 11) is 0. The maximum atomic E-state index is 2.30. The molecule has 5 heavy (non-hydrogen) atoms. The van der Waals surface area contributed by atoms with Crippen LogP contribution in [0.3, 0.4) is 0 Å². The molecular weight excluding hydrogens is 207 g/mol. The molecule has 0 unspecified atom stereocenters. The second-order valence-corrected chi connectivity index (χ2v) is 3.35. The van der Waals surface area contributed by atoms with Crippen molar-refractivity contribution in [3.63, 3.8) is 0 Å². The molecule has 0 saturated heterocycles. The van der Waals surface area contributed by atoms with E-state index >= 15 is 0 Å². The van der Waals surface area contributed by atoms with E-state index in [0.717, 1.165) is 0 Å². The third-order valence-electron chi connectivity index (χ3n) is 0. The van der Waals surface area contributed by atoms with Crippen molar-refractivity contribution in [2.24, 2.45) is 0 Å². The zero-order chi connectivity index (χ0) is 2.71. The van der Waals surface area contributed by atoms with Gasteiger partial charge in [0.1, 0.15) is 0 Å². The van der Waals surface area contributed by atoms with Crippen LogP contribution < -0.4 is 0 Å². The average Bonchev–Trinajstić information content (AvgIpc) is 0.918. The number of hydrogen-bond acceptors (Lipinski definition) is 0. The monoisotopic (exact) mass is 218 g/mol. The van der Waals surface area contributed by atoms with E-state index in [9.17, 15) is 0 Å². The molecule has 0 rings (SSSR count). The van der Waals surface area contributed by atoms with Crippen LogP contribution in [0.25, 0.3) is 0 Å². The molecule has 0 aromatic rings. The molecule has 0 N–H and O–H groups in total. The van der Waals surface area contributed by atoms with Crippen LogP contribution in [-0.2, 0) is 0 Å². The number of hydrogen-bond donors (Lipinski definition) is 0. The van der Waals surface area contributed by atoms with Crippen LogP contribution in [0, 0.1) is 0 Å². The first kappa shape index (κ1) is 16.1. The Morgan fingerprint density at radius 1 is 1.00 bits per heavy atom. The minimum absolute atomic E-state index is 0. The summed E-state index contributed by atoms with van der Waals surface area (Å²) in [5, 5.41) is 0. The molecule has 2 radical (unpaired) electrons. The van der Waals surface area contributed by atoms with Gasteiger partial charge >= 0.3 is 31.0 Å². The van der Waals surface area contributed by atoms with Gasteiger partial charge in [-0.2, -0.15) is 27.0 Å². The van der Waals surface area contributed by atoms with Crippen molar-refractivity contribution < 1.29 is 0 Å². The van der Waals surface area contributed by atoms with Crippen molar-refractivity contribution in [2.75, 3.05) is 0 Å². The Kier molecular flexibility index (Phi) is 57.2. The fourth-order valence-electron chi connectivity index (χ4n) is 0. The molecule has 0 heterocycles. The summed E-state index contributed by atoms with van der Waals surface area (Å²) < 4.78 is 0. The maximum absolute atomic E-state index is 2.30. The van der Waals surface area contributed by atoms with Crippen LogP contribution in [-0.4, -0.2) is 21.1 Å². The fraction of sp³-hybridized carbons (Fsp3) is 1.00. The van der Waals surface area contributed by atoms with Crippen LogP contribution >= 0.6 is 27.0 Å². The van der Waals surface area contributed by atoms with Crippen molar-refractivity contribution in [1.29, 1.82) is 0 Å². The van der Waals surface area contributed by atoms with E-state index in [4.69, 9.17) is 0 Å². The summed E-state index contributed by atoms with van der Waals surface area (Å²) in [6, 6.07) is 0. The Hall–Kier alpha value is 1.50. The Balaban J connectivity index is -0.0000000200. The van der Waals surface area contributed by atoms with Gasteiger partial charge < -0.3 is 0 Å². The normalized spacial score (nSPS) is 3.60. The summed E-state index contributed by atoms with van der Waals surface area (Å²) in [5.74, 6) is 0. The first-order valence-electron chi connectivity index (χ1n) is 1.00. The second-order valence-electron chi connectivity index (χ2n) is 0.500. The van der Waals surface area contributed by atoms with E-state index in [2.05, 4.69) is 9.88 Å². The van der Waals surface area contributed by atoms with Gasteiger partial charge in [0.15, 0.2) is 0 Å². The van der Waals surface area contributed by atoms with Gasteiger partial charge in [-0.25, -0.2) is 0 Å². The van der Waals surface area contributed by atoms with Crippen LogP contribution in [0.2, 0.25) is 9.88 Å². The quantitative estimate of drug-likeness (QED) is 0.531. The van der Waals surface area contributed by atoms with Gasteiger partial charge in [-0.3, -0.25) is 0 Å². The van der Waals surface area contributed by atoms with Gasteiger partial charge in [0.05, 0.1) is 0 Å². The Bertz CT molecular complexity index is 7.61. The minimum atomic E-state index is 0. The SMILES string of the molecule is S.S.[CH3][Sn][CH3]. The Labute approximate surface area is 57.8 Å². The van der Waals surface area contributed by atoms with Gasteiger partial charge in [-0.15, -0.1) is 0 Å². The molecule has 0 aliphatic rings. The first-order valence-corrected chi connectivity index (χ1v) is 6.71. The summed E-state index contributed by atoms with van der Waals surface area (Å²) in [6.07, 6.45) is 0. The number of rotatable bonds is 0. The van der Waals surface area contributed by atoms with Gasteiger partial charge in [-0.05, 0) is 0 Å². The van der Waals surface area contributed by atoms with E-state index in [1.807, 2.05) is 0 Å². The molecule has 0 bridgehead atoms. The van der Waals surface area contributed by atoms with Crippen LogP contribution in [0.4, 0.5) is 0 Å². The van der Waals surface area contributed by atoms with Crippen LogP contribution in [0.1, 0.15) is 0 Å². The van der Waals surface area contributed by atoms with E-state index in [1.54, 1.807) is 0 Å². The molecular formula is C2H10S2Sn. The predicted molar refractivity (Wildman–Crippen MR) is 38.2 cm³/mol. The van der Waals surface area contributed by atoms with Crippen LogP contribution in [0.15, 0.2) is 0 Å². The molecule has 0 atom stereocenters.